The molecule has 104 valence electrons. The van der Waals surface area contributed by atoms with Crippen LogP contribution in [0.5, 0.6) is 0 Å². The van der Waals surface area contributed by atoms with E-state index in [2.05, 4.69) is 36.0 Å². The van der Waals surface area contributed by atoms with Gasteiger partial charge in [0.2, 0.25) is 0 Å². The third kappa shape index (κ3) is 2.22. The number of rotatable bonds is 3. The van der Waals surface area contributed by atoms with Crippen molar-refractivity contribution in [3.8, 4) is 0 Å². The number of aromatic nitrogens is 2. The molecule has 3 rings (SSSR count). The van der Waals surface area contributed by atoms with E-state index >= 15 is 0 Å². The van der Waals surface area contributed by atoms with Crippen LogP contribution in [0.2, 0.25) is 0 Å². The van der Waals surface area contributed by atoms with Gasteiger partial charge in [-0.3, -0.25) is 9.48 Å². The largest absolute Gasteiger partial charge is 0.364 e. The van der Waals surface area contributed by atoms with Gasteiger partial charge in [0.1, 0.15) is 5.69 Å². The first-order valence-corrected chi connectivity index (χ1v) is 7.06. The predicted octanol–water partition coefficient (Wildman–Crippen LogP) is 3.06. The topological polar surface area (TPSA) is 38.1 Å². The molecule has 0 saturated carbocycles. The quantitative estimate of drug-likeness (QED) is 0.859. The summed E-state index contributed by atoms with van der Waals surface area (Å²) in [7, 11) is 0. The number of ketones is 1. The molecule has 0 aliphatic carbocycles. The Bertz CT molecular complexity index is 616. The molecule has 0 N–H and O–H groups in total. The van der Waals surface area contributed by atoms with E-state index in [0.717, 1.165) is 24.5 Å². The third-order valence-electron chi connectivity index (χ3n) is 3.70. The van der Waals surface area contributed by atoms with Crippen LogP contribution in [0.1, 0.15) is 42.4 Å². The van der Waals surface area contributed by atoms with Crippen LogP contribution in [0.15, 0.2) is 36.5 Å². The zero-order valence-electron chi connectivity index (χ0n) is 11.9. The Hall–Kier alpha value is -2.10. The number of Topliss-reactive ketones (excluding diaryl/α,β-unsaturated/α-hetero) is 1. The van der Waals surface area contributed by atoms with Crippen molar-refractivity contribution in [2.75, 3.05) is 11.4 Å². The summed E-state index contributed by atoms with van der Waals surface area (Å²) in [6.07, 6.45) is 2.40. The van der Waals surface area contributed by atoms with Crippen LogP contribution in [0, 0.1) is 0 Å². The zero-order valence-corrected chi connectivity index (χ0v) is 11.9. The van der Waals surface area contributed by atoms with Gasteiger partial charge in [0.25, 0.3) is 0 Å². The van der Waals surface area contributed by atoms with Gasteiger partial charge in [-0.15, -0.1) is 0 Å². The van der Waals surface area contributed by atoms with Gasteiger partial charge in [-0.25, -0.2) is 0 Å². The molecular weight excluding hydrogens is 250 g/mol. The first-order chi connectivity index (χ1) is 9.66. The van der Waals surface area contributed by atoms with Crippen molar-refractivity contribution in [2.45, 2.75) is 32.9 Å². The zero-order chi connectivity index (χ0) is 14.1. The van der Waals surface area contributed by atoms with Crippen LogP contribution in [0.3, 0.4) is 0 Å². The maximum Gasteiger partial charge on any atom is 0.184 e. The molecule has 0 radical (unpaired) electrons. The van der Waals surface area contributed by atoms with Gasteiger partial charge in [-0.1, -0.05) is 30.3 Å². The van der Waals surface area contributed by atoms with Gasteiger partial charge >= 0.3 is 0 Å². The fourth-order valence-electron chi connectivity index (χ4n) is 2.69. The molecule has 1 aromatic carbocycles. The lowest BCUT2D eigenvalue weighted by atomic mass is 10.1. The number of hydrogen-bond donors (Lipinski definition) is 0. The first-order valence-electron chi connectivity index (χ1n) is 7.06. The number of benzene rings is 1. The maximum atomic E-state index is 12.2. The fourth-order valence-corrected chi connectivity index (χ4v) is 2.69. The van der Waals surface area contributed by atoms with Gasteiger partial charge < -0.3 is 4.90 Å². The normalized spacial score (nSPS) is 14.8. The monoisotopic (exact) mass is 269 g/mol. The van der Waals surface area contributed by atoms with Crippen molar-refractivity contribution in [1.82, 2.24) is 9.78 Å². The molecule has 4 heteroatoms. The van der Waals surface area contributed by atoms with E-state index in [1.807, 2.05) is 29.1 Å². The highest BCUT2D eigenvalue weighted by Crippen LogP contribution is 2.29. The summed E-state index contributed by atoms with van der Waals surface area (Å²) in [5.41, 5.74) is 2.99. The summed E-state index contributed by atoms with van der Waals surface area (Å²) in [6.45, 7) is 5.70. The van der Waals surface area contributed by atoms with E-state index in [1.165, 1.54) is 5.56 Å². The summed E-state index contributed by atoms with van der Waals surface area (Å²) in [6, 6.07) is 10.5. The van der Waals surface area contributed by atoms with Crippen molar-refractivity contribution in [3.63, 3.8) is 0 Å². The fraction of sp³-hybridized carbons (Fsp3) is 0.375. The predicted molar refractivity (Wildman–Crippen MR) is 79.1 cm³/mol. The lowest BCUT2D eigenvalue weighted by Crippen LogP contribution is -2.32. The summed E-state index contributed by atoms with van der Waals surface area (Å²) < 4.78 is 1.84. The summed E-state index contributed by atoms with van der Waals surface area (Å²) in [4.78, 5) is 14.4. The van der Waals surface area contributed by atoms with Gasteiger partial charge in [0, 0.05) is 25.6 Å². The first kappa shape index (κ1) is 12.9. The van der Waals surface area contributed by atoms with Crippen LogP contribution in [0.25, 0.3) is 0 Å². The van der Waals surface area contributed by atoms with Crippen LogP contribution in [0.4, 0.5) is 5.69 Å². The van der Waals surface area contributed by atoms with Crippen molar-refractivity contribution in [2.24, 2.45) is 0 Å². The van der Waals surface area contributed by atoms with E-state index in [9.17, 15) is 4.79 Å². The van der Waals surface area contributed by atoms with Crippen molar-refractivity contribution in [3.05, 3.63) is 47.8 Å². The van der Waals surface area contributed by atoms with E-state index in [0.29, 0.717) is 6.42 Å². The molecule has 1 aliphatic heterocycles. The summed E-state index contributed by atoms with van der Waals surface area (Å²) >= 11 is 0. The van der Waals surface area contributed by atoms with Crippen molar-refractivity contribution < 1.29 is 4.79 Å². The number of fused-ring (bicyclic) bond motifs is 1. The minimum Gasteiger partial charge on any atom is -0.364 e. The number of carbonyl (C=O) groups excluding carboxylic acids is 1. The molecule has 20 heavy (non-hydrogen) atoms. The number of carbonyl (C=O) groups is 1. The molecule has 2 aromatic rings. The Morgan fingerprint density at radius 3 is 2.70 bits per heavy atom. The second-order valence-electron chi connectivity index (χ2n) is 5.50. The minimum absolute atomic E-state index is 0.204. The molecular formula is C16H19N3O. The molecule has 0 saturated heterocycles. The average Bonchev–Trinajstić information content (AvgIpc) is 2.89. The molecule has 0 unspecified atom stereocenters. The Morgan fingerprint density at radius 2 is 2.00 bits per heavy atom. The molecule has 1 aromatic heterocycles. The number of nitrogens with zero attached hydrogens (tertiary/aromatic N) is 3. The highest BCUT2D eigenvalue weighted by molar-refractivity contribution is 6.01. The van der Waals surface area contributed by atoms with E-state index in [1.54, 1.807) is 0 Å². The molecule has 0 atom stereocenters. The molecule has 0 amide bonds. The van der Waals surface area contributed by atoms with Crippen LogP contribution in [-0.2, 0) is 6.54 Å². The van der Waals surface area contributed by atoms with Crippen LogP contribution in [-0.4, -0.2) is 22.1 Å². The van der Waals surface area contributed by atoms with Crippen LogP contribution >= 0.6 is 0 Å². The molecule has 4 nitrogen and oxygen atoms in total. The molecule has 2 heterocycles. The Morgan fingerprint density at radius 1 is 1.25 bits per heavy atom. The Balaban J connectivity index is 1.93. The van der Waals surface area contributed by atoms with Gasteiger partial charge in [0.05, 0.1) is 11.9 Å². The molecule has 1 aliphatic rings. The maximum absolute atomic E-state index is 12.2. The average molecular weight is 269 g/mol. The summed E-state index contributed by atoms with van der Waals surface area (Å²) in [5, 5.41) is 4.39. The van der Waals surface area contributed by atoms with Gasteiger partial charge in [-0.2, -0.15) is 5.10 Å². The molecule has 0 fully saturated rings. The standard InChI is InChI=1S/C16H19N3O/c1-12(2)19-16-14(10-17-19)18(9-8-15(16)20)11-13-6-4-3-5-7-13/h3-7,10,12H,8-9,11H2,1-2H3. The highest BCUT2D eigenvalue weighted by atomic mass is 16.1. The van der Waals surface area contributed by atoms with E-state index in [4.69, 9.17) is 0 Å². The van der Waals surface area contributed by atoms with Gasteiger partial charge in [0.15, 0.2) is 5.78 Å². The Labute approximate surface area is 119 Å². The second-order valence-corrected chi connectivity index (χ2v) is 5.50. The van der Waals surface area contributed by atoms with Crippen molar-refractivity contribution in [1.29, 1.82) is 0 Å². The van der Waals surface area contributed by atoms with E-state index < -0.39 is 0 Å². The Kier molecular flexibility index (Phi) is 3.30. The second kappa shape index (κ2) is 5.12. The minimum atomic E-state index is 0.204. The highest BCUT2D eigenvalue weighted by Gasteiger charge is 2.28. The molecule has 0 bridgehead atoms. The number of hydrogen-bond acceptors (Lipinski definition) is 3. The van der Waals surface area contributed by atoms with Crippen molar-refractivity contribution >= 4 is 11.5 Å². The molecule has 0 spiro atoms. The third-order valence-corrected chi connectivity index (χ3v) is 3.70. The lowest BCUT2D eigenvalue weighted by Gasteiger charge is -2.28. The van der Waals surface area contributed by atoms with Gasteiger partial charge in [-0.05, 0) is 19.4 Å². The van der Waals surface area contributed by atoms with Crippen LogP contribution < -0.4 is 4.90 Å². The SMILES string of the molecule is CC(C)n1ncc2c1C(=O)CCN2Cc1ccccc1. The summed E-state index contributed by atoms with van der Waals surface area (Å²) in [5.74, 6) is 0.204. The number of anilines is 1. The lowest BCUT2D eigenvalue weighted by molar-refractivity contribution is 0.0967. The smallest absolute Gasteiger partial charge is 0.184 e. The van der Waals surface area contributed by atoms with E-state index in [-0.39, 0.29) is 11.8 Å².